The van der Waals surface area contributed by atoms with E-state index in [2.05, 4.69) is 5.43 Å². The highest BCUT2D eigenvalue weighted by atomic mass is 35.5. The fourth-order valence-electron chi connectivity index (χ4n) is 1.91. The summed E-state index contributed by atoms with van der Waals surface area (Å²) in [6, 6.07) is 4.29. The monoisotopic (exact) mass is 322 g/mol. The predicted molar refractivity (Wildman–Crippen MR) is 79.8 cm³/mol. The lowest BCUT2D eigenvalue weighted by atomic mass is 10.0. The molecule has 20 heavy (non-hydrogen) atoms. The zero-order valence-electron chi connectivity index (χ0n) is 11.4. The minimum atomic E-state index is -2.98. The zero-order chi connectivity index (χ0) is 15.2. The molecular weight excluding hydrogens is 303 g/mol. The standard InChI is InChI=1S/C13H20ClFN2O2S/c1-2-20(18,19)8-4-5-10(17-16)9-11-12(14)6-3-7-13(11)15/h3,6-7,10,17H,2,4-5,8-9,16H2,1H3. The maximum atomic E-state index is 13.7. The highest BCUT2D eigenvalue weighted by Gasteiger charge is 2.15. The molecule has 114 valence electrons. The fraction of sp³-hybridized carbons (Fsp3) is 0.538. The summed E-state index contributed by atoms with van der Waals surface area (Å²) in [6.45, 7) is 1.62. The minimum Gasteiger partial charge on any atom is -0.271 e. The maximum Gasteiger partial charge on any atom is 0.150 e. The Morgan fingerprint density at radius 2 is 2.15 bits per heavy atom. The third-order valence-electron chi connectivity index (χ3n) is 3.20. The summed E-state index contributed by atoms with van der Waals surface area (Å²) in [5, 5.41) is 0.353. The van der Waals surface area contributed by atoms with E-state index in [0.717, 1.165) is 0 Å². The van der Waals surface area contributed by atoms with Gasteiger partial charge in [-0.15, -0.1) is 0 Å². The Labute approximate surface area is 124 Å². The number of benzene rings is 1. The molecular formula is C13H20ClFN2O2S. The molecule has 1 unspecified atom stereocenters. The number of hydrogen-bond acceptors (Lipinski definition) is 4. The molecule has 0 amide bonds. The van der Waals surface area contributed by atoms with Crippen LogP contribution in [0.2, 0.25) is 5.02 Å². The molecule has 7 heteroatoms. The Morgan fingerprint density at radius 1 is 1.45 bits per heavy atom. The molecule has 0 aliphatic rings. The molecule has 0 bridgehead atoms. The van der Waals surface area contributed by atoms with Crippen LogP contribution in [0.5, 0.6) is 0 Å². The summed E-state index contributed by atoms with van der Waals surface area (Å²) < 4.78 is 36.5. The normalized spacial score (nSPS) is 13.4. The van der Waals surface area contributed by atoms with Gasteiger partial charge in [-0.3, -0.25) is 11.3 Å². The van der Waals surface area contributed by atoms with Crippen LogP contribution in [0.15, 0.2) is 18.2 Å². The number of hydrazine groups is 1. The van der Waals surface area contributed by atoms with E-state index in [9.17, 15) is 12.8 Å². The van der Waals surface area contributed by atoms with Crippen LogP contribution in [0.3, 0.4) is 0 Å². The first-order valence-corrected chi connectivity index (χ1v) is 8.69. The summed E-state index contributed by atoms with van der Waals surface area (Å²) >= 11 is 5.96. The molecule has 0 saturated heterocycles. The van der Waals surface area contributed by atoms with E-state index in [1.807, 2.05) is 0 Å². The highest BCUT2D eigenvalue weighted by molar-refractivity contribution is 7.91. The van der Waals surface area contributed by atoms with Crippen LogP contribution in [0, 0.1) is 5.82 Å². The maximum absolute atomic E-state index is 13.7. The van der Waals surface area contributed by atoms with Gasteiger partial charge in [0.1, 0.15) is 15.7 Å². The van der Waals surface area contributed by atoms with Gasteiger partial charge in [0.2, 0.25) is 0 Å². The number of halogens is 2. The van der Waals surface area contributed by atoms with Gasteiger partial charge in [-0.2, -0.15) is 0 Å². The average Bonchev–Trinajstić information content (AvgIpc) is 2.41. The van der Waals surface area contributed by atoms with Crippen molar-refractivity contribution >= 4 is 21.4 Å². The number of nitrogens with one attached hydrogen (secondary N) is 1. The Bertz CT molecular complexity index is 517. The number of sulfone groups is 1. The molecule has 1 aromatic carbocycles. The van der Waals surface area contributed by atoms with Crippen molar-refractivity contribution in [3.8, 4) is 0 Å². The lowest BCUT2D eigenvalue weighted by molar-refractivity contribution is 0.474. The van der Waals surface area contributed by atoms with E-state index >= 15 is 0 Å². The zero-order valence-corrected chi connectivity index (χ0v) is 13.0. The second kappa shape index (κ2) is 7.93. The minimum absolute atomic E-state index is 0.118. The van der Waals surface area contributed by atoms with Gasteiger partial charge < -0.3 is 0 Å². The molecule has 0 radical (unpaired) electrons. The molecule has 1 atom stereocenters. The van der Waals surface area contributed by atoms with Gasteiger partial charge in [0.05, 0.1) is 5.75 Å². The topological polar surface area (TPSA) is 72.2 Å². The number of hydrogen-bond donors (Lipinski definition) is 2. The molecule has 0 aliphatic heterocycles. The van der Waals surface area contributed by atoms with Crippen molar-refractivity contribution in [2.75, 3.05) is 11.5 Å². The van der Waals surface area contributed by atoms with Crippen molar-refractivity contribution in [2.45, 2.75) is 32.2 Å². The summed E-state index contributed by atoms with van der Waals surface area (Å²) in [4.78, 5) is 0. The van der Waals surface area contributed by atoms with Gasteiger partial charge in [0.25, 0.3) is 0 Å². The third kappa shape index (κ3) is 5.36. The van der Waals surface area contributed by atoms with Crippen LogP contribution in [0.4, 0.5) is 4.39 Å². The molecule has 0 aliphatic carbocycles. The van der Waals surface area contributed by atoms with Crippen LogP contribution in [-0.4, -0.2) is 26.0 Å². The Balaban J connectivity index is 2.60. The van der Waals surface area contributed by atoms with Gasteiger partial charge >= 0.3 is 0 Å². The first kappa shape index (κ1) is 17.4. The Kier molecular flexibility index (Phi) is 6.88. The van der Waals surface area contributed by atoms with Gasteiger partial charge in [-0.1, -0.05) is 24.6 Å². The van der Waals surface area contributed by atoms with Crippen LogP contribution in [0.1, 0.15) is 25.3 Å². The van der Waals surface area contributed by atoms with Crippen molar-refractivity contribution < 1.29 is 12.8 Å². The SMILES string of the molecule is CCS(=O)(=O)CCCC(Cc1c(F)cccc1Cl)NN. The molecule has 3 N–H and O–H groups in total. The first-order chi connectivity index (χ1) is 9.39. The van der Waals surface area contributed by atoms with E-state index in [1.54, 1.807) is 19.1 Å². The first-order valence-electron chi connectivity index (χ1n) is 6.49. The van der Waals surface area contributed by atoms with Crippen molar-refractivity contribution in [1.82, 2.24) is 5.43 Å². The van der Waals surface area contributed by atoms with E-state index in [4.69, 9.17) is 17.4 Å². The van der Waals surface area contributed by atoms with Crippen molar-refractivity contribution in [2.24, 2.45) is 5.84 Å². The third-order valence-corrected chi connectivity index (χ3v) is 5.34. The van der Waals surface area contributed by atoms with E-state index < -0.39 is 9.84 Å². The Morgan fingerprint density at radius 3 is 2.70 bits per heavy atom. The summed E-state index contributed by atoms with van der Waals surface area (Å²) in [6.07, 6.45) is 1.35. The van der Waals surface area contributed by atoms with E-state index in [0.29, 0.717) is 29.8 Å². The van der Waals surface area contributed by atoms with Gasteiger partial charge in [0, 0.05) is 22.4 Å². The molecule has 4 nitrogen and oxygen atoms in total. The number of rotatable bonds is 8. The Hall–Kier alpha value is -0.690. The van der Waals surface area contributed by atoms with Gasteiger partial charge in [0.15, 0.2) is 0 Å². The van der Waals surface area contributed by atoms with E-state index in [-0.39, 0.29) is 23.4 Å². The smallest absolute Gasteiger partial charge is 0.150 e. The molecule has 0 spiro atoms. The quantitative estimate of drug-likeness (QED) is 0.567. The van der Waals surface area contributed by atoms with Gasteiger partial charge in [-0.25, -0.2) is 12.8 Å². The van der Waals surface area contributed by atoms with Crippen LogP contribution >= 0.6 is 11.6 Å². The molecule has 0 aromatic heterocycles. The summed E-state index contributed by atoms with van der Waals surface area (Å²) in [5.41, 5.74) is 2.99. The lowest BCUT2D eigenvalue weighted by Crippen LogP contribution is -2.37. The molecule has 0 saturated carbocycles. The predicted octanol–water partition coefficient (Wildman–Crippen LogP) is 2.07. The molecule has 1 rings (SSSR count). The van der Waals surface area contributed by atoms with Gasteiger partial charge in [-0.05, 0) is 31.4 Å². The van der Waals surface area contributed by atoms with E-state index in [1.165, 1.54) is 6.07 Å². The number of nitrogens with two attached hydrogens (primary N) is 1. The van der Waals surface area contributed by atoms with Crippen LogP contribution < -0.4 is 11.3 Å². The highest BCUT2D eigenvalue weighted by Crippen LogP contribution is 2.21. The largest absolute Gasteiger partial charge is 0.271 e. The second-order valence-electron chi connectivity index (χ2n) is 4.65. The molecule has 1 aromatic rings. The fourth-order valence-corrected chi connectivity index (χ4v) is 3.05. The van der Waals surface area contributed by atoms with Crippen molar-refractivity contribution in [1.29, 1.82) is 0 Å². The summed E-state index contributed by atoms with van der Waals surface area (Å²) in [5.74, 6) is 5.31. The van der Waals surface area contributed by atoms with Crippen molar-refractivity contribution in [3.63, 3.8) is 0 Å². The summed E-state index contributed by atoms with van der Waals surface area (Å²) in [7, 11) is -2.98. The molecule has 0 heterocycles. The second-order valence-corrected chi connectivity index (χ2v) is 7.53. The van der Waals surface area contributed by atoms with Crippen LogP contribution in [0.25, 0.3) is 0 Å². The van der Waals surface area contributed by atoms with Crippen LogP contribution in [-0.2, 0) is 16.3 Å². The molecule has 0 fully saturated rings. The van der Waals surface area contributed by atoms with Crippen molar-refractivity contribution in [3.05, 3.63) is 34.6 Å². The average molecular weight is 323 g/mol. The lowest BCUT2D eigenvalue weighted by Gasteiger charge is -2.17.